The molecule has 9 heteroatoms. The number of rotatable bonds is 6. The predicted octanol–water partition coefficient (Wildman–Crippen LogP) is 2.95. The van der Waals surface area contributed by atoms with Gasteiger partial charge < -0.3 is 24.1 Å². The highest BCUT2D eigenvalue weighted by Crippen LogP contribution is 2.34. The van der Waals surface area contributed by atoms with Gasteiger partial charge in [0, 0.05) is 24.4 Å². The summed E-state index contributed by atoms with van der Waals surface area (Å²) in [6.07, 6.45) is 0. The van der Waals surface area contributed by atoms with Crippen molar-refractivity contribution in [1.29, 1.82) is 0 Å². The lowest BCUT2D eigenvalue weighted by molar-refractivity contribution is -0.113. The van der Waals surface area contributed by atoms with E-state index in [4.69, 9.17) is 14.2 Å². The molecular weight excluding hydrogens is 380 g/mol. The van der Waals surface area contributed by atoms with Gasteiger partial charge in [-0.3, -0.25) is 4.79 Å². The van der Waals surface area contributed by atoms with Gasteiger partial charge in [0.05, 0.1) is 12.9 Å². The van der Waals surface area contributed by atoms with E-state index in [0.717, 1.165) is 11.3 Å². The van der Waals surface area contributed by atoms with Gasteiger partial charge in [0.15, 0.2) is 22.5 Å². The van der Waals surface area contributed by atoms with Crippen LogP contribution in [-0.4, -0.2) is 40.3 Å². The predicted molar refractivity (Wildman–Crippen MR) is 105 cm³/mol. The van der Waals surface area contributed by atoms with Crippen molar-refractivity contribution >= 4 is 23.4 Å². The molecule has 0 saturated carbocycles. The largest absolute Gasteiger partial charge is 0.497 e. The summed E-state index contributed by atoms with van der Waals surface area (Å²) < 4.78 is 17.7. The quantitative estimate of drug-likeness (QED) is 0.639. The minimum atomic E-state index is -0.144. The maximum atomic E-state index is 12.3. The molecule has 1 N–H and O–H groups in total. The summed E-state index contributed by atoms with van der Waals surface area (Å²) in [7, 11) is 3.49. The summed E-state index contributed by atoms with van der Waals surface area (Å²) in [4.78, 5) is 12.3. The van der Waals surface area contributed by atoms with Gasteiger partial charge in [0.2, 0.25) is 12.7 Å². The van der Waals surface area contributed by atoms with E-state index >= 15 is 0 Å². The summed E-state index contributed by atoms with van der Waals surface area (Å²) in [6, 6.07) is 12.9. The molecule has 28 heavy (non-hydrogen) atoms. The molecular formula is C19H18N4O4S. The van der Waals surface area contributed by atoms with E-state index in [9.17, 15) is 4.79 Å². The minimum absolute atomic E-state index is 0.144. The Labute approximate surface area is 165 Å². The van der Waals surface area contributed by atoms with Gasteiger partial charge in [-0.2, -0.15) is 0 Å². The van der Waals surface area contributed by atoms with Crippen LogP contribution in [0.3, 0.4) is 0 Å². The van der Waals surface area contributed by atoms with Crippen molar-refractivity contribution in [2.75, 3.05) is 25.0 Å². The van der Waals surface area contributed by atoms with Crippen LogP contribution < -0.4 is 19.5 Å². The van der Waals surface area contributed by atoms with E-state index in [0.29, 0.717) is 28.2 Å². The molecule has 0 unspecified atom stereocenters. The molecule has 0 bridgehead atoms. The molecule has 2 aromatic carbocycles. The lowest BCUT2D eigenvalue weighted by Gasteiger charge is -2.07. The lowest BCUT2D eigenvalue weighted by atomic mass is 10.2. The number of ether oxygens (including phenoxy) is 3. The van der Waals surface area contributed by atoms with Crippen LogP contribution in [0, 0.1) is 0 Å². The van der Waals surface area contributed by atoms with E-state index in [1.807, 2.05) is 35.9 Å². The van der Waals surface area contributed by atoms with Crippen LogP contribution in [-0.2, 0) is 11.8 Å². The summed E-state index contributed by atoms with van der Waals surface area (Å²) in [6.45, 7) is 0.199. The number of thioether (sulfide) groups is 1. The Morgan fingerprint density at radius 2 is 2.07 bits per heavy atom. The zero-order chi connectivity index (χ0) is 19.5. The number of hydrogen-bond acceptors (Lipinski definition) is 7. The number of nitrogens with one attached hydrogen (secondary N) is 1. The summed E-state index contributed by atoms with van der Waals surface area (Å²) >= 11 is 1.32. The fraction of sp³-hybridized carbons (Fsp3) is 0.211. The minimum Gasteiger partial charge on any atom is -0.497 e. The smallest absolute Gasteiger partial charge is 0.234 e. The van der Waals surface area contributed by atoms with E-state index < -0.39 is 0 Å². The Hall–Kier alpha value is -3.20. The number of methoxy groups -OCH3 is 1. The van der Waals surface area contributed by atoms with Crippen LogP contribution in [0.25, 0.3) is 11.4 Å². The molecule has 1 aromatic heterocycles. The Balaban J connectivity index is 1.39. The van der Waals surface area contributed by atoms with E-state index in [2.05, 4.69) is 15.5 Å². The molecule has 144 valence electrons. The normalized spacial score (nSPS) is 12.1. The SMILES string of the molecule is COc1cccc(-c2nnc(SCC(=O)Nc3ccc4c(c3)OCO4)n2C)c1. The number of anilines is 1. The zero-order valence-corrected chi connectivity index (χ0v) is 16.2. The average Bonchev–Trinajstić information content (AvgIpc) is 3.32. The third-order valence-electron chi connectivity index (χ3n) is 4.15. The van der Waals surface area contributed by atoms with Crippen molar-refractivity contribution < 1.29 is 19.0 Å². The molecule has 3 aromatic rings. The number of fused-ring (bicyclic) bond motifs is 1. The van der Waals surface area contributed by atoms with Crippen LogP contribution in [0.1, 0.15) is 0 Å². The van der Waals surface area contributed by atoms with Crippen LogP contribution in [0.15, 0.2) is 47.6 Å². The zero-order valence-electron chi connectivity index (χ0n) is 15.3. The van der Waals surface area contributed by atoms with Crippen LogP contribution in [0.2, 0.25) is 0 Å². The Bertz CT molecular complexity index is 1020. The fourth-order valence-electron chi connectivity index (χ4n) is 2.76. The molecule has 0 spiro atoms. The maximum absolute atomic E-state index is 12.3. The first-order chi connectivity index (χ1) is 13.6. The van der Waals surface area contributed by atoms with Gasteiger partial charge in [0.25, 0.3) is 0 Å². The summed E-state index contributed by atoms with van der Waals surface area (Å²) in [5.41, 5.74) is 1.55. The molecule has 0 atom stereocenters. The Morgan fingerprint density at radius 3 is 2.93 bits per heavy atom. The first kappa shape index (κ1) is 18.2. The number of hydrogen-bond donors (Lipinski definition) is 1. The number of amides is 1. The fourth-order valence-corrected chi connectivity index (χ4v) is 3.47. The topological polar surface area (TPSA) is 87.5 Å². The van der Waals surface area contributed by atoms with Gasteiger partial charge in [-0.25, -0.2) is 0 Å². The second-order valence-corrected chi connectivity index (χ2v) is 6.94. The first-order valence-corrected chi connectivity index (χ1v) is 9.49. The van der Waals surface area contributed by atoms with Crippen molar-refractivity contribution in [3.63, 3.8) is 0 Å². The van der Waals surface area contributed by atoms with Crippen LogP contribution in [0.4, 0.5) is 5.69 Å². The number of nitrogens with zero attached hydrogens (tertiary/aromatic N) is 3. The van der Waals surface area contributed by atoms with E-state index in [1.165, 1.54) is 11.8 Å². The standard InChI is InChI=1S/C19H18N4O4S/c1-23-18(12-4-3-5-14(8-12)25-2)21-22-19(23)28-10-17(24)20-13-6-7-15-16(9-13)27-11-26-15/h3-9H,10-11H2,1-2H3,(H,20,24). The monoisotopic (exact) mass is 398 g/mol. The third-order valence-corrected chi connectivity index (χ3v) is 5.17. The van der Waals surface area contributed by atoms with Gasteiger partial charge in [-0.15, -0.1) is 10.2 Å². The average molecular weight is 398 g/mol. The highest BCUT2D eigenvalue weighted by Gasteiger charge is 2.16. The highest BCUT2D eigenvalue weighted by atomic mass is 32.2. The molecule has 0 saturated heterocycles. The van der Waals surface area contributed by atoms with Crippen LogP contribution >= 0.6 is 11.8 Å². The van der Waals surface area contributed by atoms with Gasteiger partial charge >= 0.3 is 0 Å². The summed E-state index contributed by atoms with van der Waals surface area (Å²) in [5, 5.41) is 11.9. The molecule has 0 fully saturated rings. The molecule has 8 nitrogen and oxygen atoms in total. The van der Waals surface area contributed by atoms with Gasteiger partial charge in [0.1, 0.15) is 5.75 Å². The van der Waals surface area contributed by atoms with Crippen molar-refractivity contribution in [3.05, 3.63) is 42.5 Å². The molecule has 2 heterocycles. The first-order valence-electron chi connectivity index (χ1n) is 8.50. The third kappa shape index (κ3) is 3.74. The van der Waals surface area contributed by atoms with Gasteiger partial charge in [-0.05, 0) is 24.3 Å². The Kier molecular flexibility index (Phi) is 5.07. The summed E-state index contributed by atoms with van der Waals surface area (Å²) in [5.74, 6) is 2.82. The second-order valence-electron chi connectivity index (χ2n) is 6.00. The molecule has 4 rings (SSSR count). The van der Waals surface area contributed by atoms with Crippen molar-refractivity contribution in [1.82, 2.24) is 14.8 Å². The molecule has 0 radical (unpaired) electrons. The number of carbonyl (C=O) groups excluding carboxylic acids is 1. The second kappa shape index (κ2) is 7.81. The molecule has 1 aliphatic rings. The maximum Gasteiger partial charge on any atom is 0.234 e. The van der Waals surface area contributed by atoms with E-state index in [1.54, 1.807) is 25.3 Å². The van der Waals surface area contributed by atoms with Gasteiger partial charge in [-0.1, -0.05) is 23.9 Å². The molecule has 0 aliphatic carbocycles. The number of aromatic nitrogens is 3. The van der Waals surface area contributed by atoms with Crippen LogP contribution in [0.5, 0.6) is 17.2 Å². The Morgan fingerprint density at radius 1 is 1.21 bits per heavy atom. The highest BCUT2D eigenvalue weighted by molar-refractivity contribution is 7.99. The molecule has 1 amide bonds. The van der Waals surface area contributed by atoms with Crippen molar-refractivity contribution in [2.24, 2.45) is 7.05 Å². The number of benzene rings is 2. The van der Waals surface area contributed by atoms with Crippen molar-refractivity contribution in [3.8, 4) is 28.6 Å². The lowest BCUT2D eigenvalue weighted by Crippen LogP contribution is -2.14. The molecule has 1 aliphatic heterocycles. The van der Waals surface area contributed by atoms with Crippen molar-refractivity contribution in [2.45, 2.75) is 5.16 Å². The van der Waals surface area contributed by atoms with E-state index in [-0.39, 0.29) is 18.5 Å². The number of carbonyl (C=O) groups is 1.